The quantitative estimate of drug-likeness (QED) is 0.591. The van der Waals surface area contributed by atoms with Gasteiger partial charge in [-0.05, 0) is 36.4 Å². The highest BCUT2D eigenvalue weighted by Crippen LogP contribution is 2.31. The van der Waals surface area contributed by atoms with Crippen molar-refractivity contribution in [2.45, 2.75) is 0 Å². The number of nitrogens with zero attached hydrogens (tertiary/aromatic N) is 4. The number of aromatic amines is 1. The van der Waals surface area contributed by atoms with E-state index in [0.717, 1.165) is 65.4 Å². The summed E-state index contributed by atoms with van der Waals surface area (Å²) in [5, 5.41) is 1.06. The van der Waals surface area contributed by atoms with E-state index >= 15 is 0 Å². The monoisotopic (exact) mass is 377 g/mol. The van der Waals surface area contributed by atoms with Crippen molar-refractivity contribution >= 4 is 33.4 Å². The van der Waals surface area contributed by atoms with Crippen LogP contribution in [0.4, 0.5) is 15.9 Å². The summed E-state index contributed by atoms with van der Waals surface area (Å²) >= 11 is 0. The summed E-state index contributed by atoms with van der Waals surface area (Å²) in [5.41, 5.74) is 3.90. The third-order valence-electron chi connectivity index (χ3n) is 5.34. The normalized spacial score (nSPS) is 14.8. The van der Waals surface area contributed by atoms with E-state index in [-0.39, 0.29) is 5.82 Å². The molecule has 6 nitrogen and oxygen atoms in total. The highest BCUT2D eigenvalue weighted by atomic mass is 19.1. The number of rotatable bonds is 3. The van der Waals surface area contributed by atoms with Gasteiger partial charge in [-0.3, -0.25) is 0 Å². The third-order valence-corrected chi connectivity index (χ3v) is 5.34. The number of ether oxygens (including phenoxy) is 1. The molecule has 0 aliphatic carbocycles. The van der Waals surface area contributed by atoms with Crippen molar-refractivity contribution in [3.63, 3.8) is 0 Å². The second kappa shape index (κ2) is 6.67. The molecular weight excluding hydrogens is 357 g/mol. The van der Waals surface area contributed by atoms with Gasteiger partial charge in [0.25, 0.3) is 0 Å². The molecule has 2 aromatic heterocycles. The zero-order valence-electron chi connectivity index (χ0n) is 15.5. The van der Waals surface area contributed by atoms with Crippen molar-refractivity contribution in [3.05, 3.63) is 54.6 Å². The number of hydrogen-bond donors (Lipinski definition) is 1. The van der Waals surface area contributed by atoms with Gasteiger partial charge in [-0.1, -0.05) is 0 Å². The number of fused-ring (bicyclic) bond motifs is 3. The lowest BCUT2D eigenvalue weighted by atomic mass is 10.2. The van der Waals surface area contributed by atoms with Crippen molar-refractivity contribution in [2.24, 2.45) is 0 Å². The molecule has 2 aromatic carbocycles. The van der Waals surface area contributed by atoms with E-state index in [9.17, 15) is 4.39 Å². The molecular formula is C21H20FN5O. The molecule has 28 heavy (non-hydrogen) atoms. The summed E-state index contributed by atoms with van der Waals surface area (Å²) < 4.78 is 18.5. The number of nitrogens with one attached hydrogen (secondary N) is 1. The van der Waals surface area contributed by atoms with E-state index in [1.165, 1.54) is 12.1 Å². The van der Waals surface area contributed by atoms with Crippen molar-refractivity contribution in [2.75, 3.05) is 43.1 Å². The Morgan fingerprint density at radius 2 is 1.71 bits per heavy atom. The lowest BCUT2D eigenvalue weighted by molar-refractivity contribution is 0.415. The Hall–Kier alpha value is -3.35. The molecule has 0 saturated carbocycles. The van der Waals surface area contributed by atoms with Crippen LogP contribution in [0.1, 0.15) is 0 Å². The number of H-pyrrole nitrogens is 1. The summed E-state index contributed by atoms with van der Waals surface area (Å²) in [6.07, 6.45) is 1.63. The first kappa shape index (κ1) is 16.8. The number of aromatic nitrogens is 3. The van der Waals surface area contributed by atoms with Crippen molar-refractivity contribution in [1.82, 2.24) is 15.0 Å². The van der Waals surface area contributed by atoms with Crippen LogP contribution in [0.15, 0.2) is 48.8 Å². The van der Waals surface area contributed by atoms with Crippen LogP contribution in [0.3, 0.4) is 0 Å². The number of methoxy groups -OCH3 is 1. The lowest BCUT2D eigenvalue weighted by Gasteiger charge is -2.36. The molecule has 1 aliphatic heterocycles. The van der Waals surface area contributed by atoms with Gasteiger partial charge in [-0.2, -0.15) is 0 Å². The maximum Gasteiger partial charge on any atom is 0.156 e. The number of halogens is 1. The van der Waals surface area contributed by atoms with E-state index < -0.39 is 0 Å². The van der Waals surface area contributed by atoms with Gasteiger partial charge in [0.15, 0.2) is 5.82 Å². The minimum Gasteiger partial charge on any atom is -0.497 e. The van der Waals surface area contributed by atoms with Crippen LogP contribution in [0.2, 0.25) is 0 Å². The maximum absolute atomic E-state index is 13.2. The molecule has 0 spiro atoms. The van der Waals surface area contributed by atoms with E-state index in [1.54, 1.807) is 13.4 Å². The van der Waals surface area contributed by atoms with Crippen molar-refractivity contribution in [1.29, 1.82) is 0 Å². The molecule has 0 amide bonds. The van der Waals surface area contributed by atoms with Gasteiger partial charge in [-0.15, -0.1) is 0 Å². The summed E-state index contributed by atoms with van der Waals surface area (Å²) in [5.74, 6) is 1.52. The highest BCUT2D eigenvalue weighted by Gasteiger charge is 2.21. The summed E-state index contributed by atoms with van der Waals surface area (Å²) in [4.78, 5) is 17.1. The first-order valence-corrected chi connectivity index (χ1v) is 9.29. The molecule has 0 bridgehead atoms. The number of piperazine rings is 1. The SMILES string of the molecule is COc1ccc2c(c1)[nH]c1c(N3CCN(c4ccc(F)cc4)CC3)ncnc12. The topological polar surface area (TPSA) is 57.3 Å². The molecule has 1 aliphatic rings. The Morgan fingerprint density at radius 3 is 2.46 bits per heavy atom. The van der Waals surface area contributed by atoms with Gasteiger partial charge in [-0.25, -0.2) is 14.4 Å². The molecule has 5 rings (SSSR count). The first-order chi connectivity index (χ1) is 13.7. The Morgan fingerprint density at radius 1 is 0.964 bits per heavy atom. The minimum atomic E-state index is -0.207. The molecule has 1 fully saturated rings. The fraction of sp³-hybridized carbons (Fsp3) is 0.238. The van der Waals surface area contributed by atoms with E-state index in [1.807, 2.05) is 30.3 Å². The molecule has 3 heterocycles. The van der Waals surface area contributed by atoms with Gasteiger partial charge in [0, 0.05) is 43.3 Å². The van der Waals surface area contributed by atoms with Crippen LogP contribution in [-0.2, 0) is 0 Å². The molecule has 1 saturated heterocycles. The second-order valence-corrected chi connectivity index (χ2v) is 6.91. The van der Waals surface area contributed by atoms with Crippen LogP contribution in [0.25, 0.3) is 21.9 Å². The van der Waals surface area contributed by atoms with Gasteiger partial charge >= 0.3 is 0 Å². The third kappa shape index (κ3) is 2.79. The summed E-state index contributed by atoms with van der Waals surface area (Å²) in [6, 6.07) is 12.6. The van der Waals surface area contributed by atoms with Crippen LogP contribution < -0.4 is 14.5 Å². The summed E-state index contributed by atoms with van der Waals surface area (Å²) in [7, 11) is 1.66. The standard InChI is InChI=1S/C21H20FN5O/c1-28-16-6-7-17-18(12-16)25-20-19(17)23-13-24-21(20)27-10-8-26(9-11-27)15-4-2-14(22)3-5-15/h2-7,12-13,25H,8-11H2,1H3. The average Bonchev–Trinajstić information content (AvgIpc) is 3.12. The zero-order valence-corrected chi connectivity index (χ0v) is 15.5. The predicted octanol–water partition coefficient (Wildman–Crippen LogP) is 3.59. The average molecular weight is 377 g/mol. The summed E-state index contributed by atoms with van der Waals surface area (Å²) in [6.45, 7) is 3.38. The van der Waals surface area contributed by atoms with Crippen LogP contribution in [0.5, 0.6) is 5.75 Å². The van der Waals surface area contributed by atoms with Gasteiger partial charge in [0.2, 0.25) is 0 Å². The molecule has 142 valence electrons. The van der Waals surface area contributed by atoms with Crippen LogP contribution in [0, 0.1) is 5.82 Å². The fourth-order valence-electron chi connectivity index (χ4n) is 3.86. The lowest BCUT2D eigenvalue weighted by Crippen LogP contribution is -2.47. The minimum absolute atomic E-state index is 0.207. The molecule has 0 radical (unpaired) electrons. The second-order valence-electron chi connectivity index (χ2n) is 6.91. The van der Waals surface area contributed by atoms with Crippen molar-refractivity contribution in [3.8, 4) is 5.75 Å². The predicted molar refractivity (Wildman–Crippen MR) is 109 cm³/mol. The Kier molecular flexibility index (Phi) is 4.00. The van der Waals surface area contributed by atoms with Gasteiger partial charge in [0.1, 0.15) is 28.9 Å². The van der Waals surface area contributed by atoms with E-state index in [2.05, 4.69) is 24.8 Å². The molecule has 1 N–H and O–H groups in total. The van der Waals surface area contributed by atoms with Gasteiger partial charge in [0.05, 0.1) is 12.6 Å². The molecule has 0 unspecified atom stereocenters. The molecule has 7 heteroatoms. The Balaban J connectivity index is 1.44. The van der Waals surface area contributed by atoms with E-state index in [0.29, 0.717) is 0 Å². The Labute approximate surface area is 161 Å². The largest absolute Gasteiger partial charge is 0.497 e. The number of anilines is 2. The first-order valence-electron chi connectivity index (χ1n) is 9.29. The maximum atomic E-state index is 13.2. The number of benzene rings is 2. The van der Waals surface area contributed by atoms with Crippen molar-refractivity contribution < 1.29 is 9.13 Å². The number of hydrogen-bond acceptors (Lipinski definition) is 5. The fourth-order valence-corrected chi connectivity index (χ4v) is 3.86. The van der Waals surface area contributed by atoms with Gasteiger partial charge < -0.3 is 19.5 Å². The smallest absolute Gasteiger partial charge is 0.156 e. The van der Waals surface area contributed by atoms with Crippen LogP contribution >= 0.6 is 0 Å². The molecule has 4 aromatic rings. The van der Waals surface area contributed by atoms with Crippen LogP contribution in [-0.4, -0.2) is 48.2 Å². The Bertz CT molecular complexity index is 1130. The highest BCUT2D eigenvalue weighted by molar-refractivity contribution is 6.08. The zero-order chi connectivity index (χ0) is 19.1. The molecule has 0 atom stereocenters. The van der Waals surface area contributed by atoms with E-state index in [4.69, 9.17) is 4.74 Å².